The smallest absolute Gasteiger partial charge is 0.0406 e. The first-order chi connectivity index (χ1) is 15.9. The van der Waals surface area contributed by atoms with Gasteiger partial charge in [0.05, 0.1) is 0 Å². The van der Waals surface area contributed by atoms with Crippen molar-refractivity contribution in [1.82, 2.24) is 0 Å². The van der Waals surface area contributed by atoms with Crippen molar-refractivity contribution in [2.75, 3.05) is 0 Å². The molecule has 0 bridgehead atoms. The summed E-state index contributed by atoms with van der Waals surface area (Å²) in [4.78, 5) is 0. The van der Waals surface area contributed by atoms with Gasteiger partial charge in [-0.1, -0.05) is 111 Å². The van der Waals surface area contributed by atoms with Gasteiger partial charge in [-0.25, -0.2) is 0 Å². The third-order valence-electron chi connectivity index (χ3n) is 6.82. The molecule has 160 valence electrons. The third-order valence-corrected chi connectivity index (χ3v) is 7.07. The van der Waals surface area contributed by atoms with Crippen molar-refractivity contribution in [1.29, 1.82) is 0 Å². The highest BCUT2D eigenvalue weighted by Crippen LogP contribution is 2.45. The van der Waals surface area contributed by atoms with E-state index in [4.69, 9.17) is 11.6 Å². The van der Waals surface area contributed by atoms with Gasteiger partial charge in [0, 0.05) is 5.02 Å². The first-order valence-electron chi connectivity index (χ1n) is 11.5. The van der Waals surface area contributed by atoms with E-state index in [0.717, 1.165) is 5.02 Å². The average molecular weight is 445 g/mol. The molecule has 0 aliphatic heterocycles. The van der Waals surface area contributed by atoms with Gasteiger partial charge in [-0.05, 0) is 83.7 Å². The second-order valence-corrected chi connectivity index (χ2v) is 10.4. The van der Waals surface area contributed by atoms with Gasteiger partial charge in [0.15, 0.2) is 0 Å². The lowest BCUT2D eigenvalue weighted by molar-refractivity contribution is 0.591. The van der Waals surface area contributed by atoms with E-state index >= 15 is 0 Å². The van der Waals surface area contributed by atoms with E-state index in [1.807, 2.05) is 12.1 Å². The maximum absolute atomic E-state index is 6.22. The zero-order valence-corrected chi connectivity index (χ0v) is 19.9. The highest BCUT2D eigenvalue weighted by molar-refractivity contribution is 6.31. The zero-order valence-electron chi connectivity index (χ0n) is 19.1. The van der Waals surface area contributed by atoms with Crippen LogP contribution in [0.5, 0.6) is 0 Å². The van der Waals surface area contributed by atoms with Crippen LogP contribution >= 0.6 is 11.6 Å². The fraction of sp³-hybridized carbons (Fsp3) is 0.125. The van der Waals surface area contributed by atoms with Crippen LogP contribution in [0.2, 0.25) is 5.02 Å². The van der Waals surface area contributed by atoms with Crippen molar-refractivity contribution in [3.63, 3.8) is 0 Å². The SMILES string of the molecule is CC(C)(C)c1cc2ccc3c(-c4ccccc4)cc(-c4ccc(Cl)cc4)c4ccc(c1)c2c34. The van der Waals surface area contributed by atoms with Crippen LogP contribution in [0.25, 0.3) is 54.6 Å². The Morgan fingerprint density at radius 1 is 0.545 bits per heavy atom. The van der Waals surface area contributed by atoms with Crippen LogP contribution < -0.4 is 0 Å². The lowest BCUT2D eigenvalue weighted by atomic mass is 9.81. The molecule has 0 atom stereocenters. The van der Waals surface area contributed by atoms with Gasteiger partial charge in [0.1, 0.15) is 0 Å². The van der Waals surface area contributed by atoms with E-state index < -0.39 is 0 Å². The monoisotopic (exact) mass is 444 g/mol. The summed E-state index contributed by atoms with van der Waals surface area (Å²) in [6.07, 6.45) is 0. The molecule has 0 aliphatic rings. The van der Waals surface area contributed by atoms with Crippen molar-refractivity contribution in [2.45, 2.75) is 26.2 Å². The molecule has 0 unspecified atom stereocenters. The molecule has 0 amide bonds. The van der Waals surface area contributed by atoms with Crippen LogP contribution in [0, 0.1) is 0 Å². The molecule has 0 fully saturated rings. The molecule has 0 aromatic heterocycles. The largest absolute Gasteiger partial charge is 0.0843 e. The molecule has 6 aromatic carbocycles. The van der Waals surface area contributed by atoms with E-state index in [2.05, 4.69) is 106 Å². The summed E-state index contributed by atoms with van der Waals surface area (Å²) in [6.45, 7) is 6.85. The van der Waals surface area contributed by atoms with Crippen molar-refractivity contribution >= 4 is 43.9 Å². The maximum atomic E-state index is 6.22. The normalized spacial score (nSPS) is 12.2. The molecule has 0 saturated carbocycles. The van der Waals surface area contributed by atoms with E-state index in [9.17, 15) is 0 Å². The minimum absolute atomic E-state index is 0.105. The van der Waals surface area contributed by atoms with Crippen molar-refractivity contribution in [3.05, 3.63) is 108 Å². The van der Waals surface area contributed by atoms with E-state index in [0.29, 0.717) is 0 Å². The molecule has 6 aromatic rings. The highest BCUT2D eigenvalue weighted by atomic mass is 35.5. The first-order valence-corrected chi connectivity index (χ1v) is 11.9. The number of hydrogen-bond donors (Lipinski definition) is 0. The standard InChI is InChI=1S/C32H25Cl/c1-32(2,3)24-17-22-11-15-26-28(20-7-5-4-6-8-20)19-29(21-9-13-25(33)14-10-21)27-16-12-23(18-24)30(22)31(26)27/h4-19H,1-3H3. The van der Waals surface area contributed by atoms with E-state index in [1.165, 1.54) is 60.1 Å². The lowest BCUT2D eigenvalue weighted by Crippen LogP contribution is -2.10. The summed E-state index contributed by atoms with van der Waals surface area (Å²) in [5.74, 6) is 0. The van der Waals surface area contributed by atoms with Gasteiger partial charge >= 0.3 is 0 Å². The molecular formula is C32H25Cl. The number of rotatable bonds is 2. The first kappa shape index (κ1) is 20.3. The predicted molar refractivity (Wildman–Crippen MR) is 145 cm³/mol. The van der Waals surface area contributed by atoms with Crippen molar-refractivity contribution in [2.24, 2.45) is 0 Å². The van der Waals surface area contributed by atoms with E-state index in [-0.39, 0.29) is 5.41 Å². The van der Waals surface area contributed by atoms with E-state index in [1.54, 1.807) is 0 Å². The molecular weight excluding hydrogens is 420 g/mol. The van der Waals surface area contributed by atoms with Gasteiger partial charge in [0.2, 0.25) is 0 Å². The van der Waals surface area contributed by atoms with Crippen LogP contribution in [0.15, 0.2) is 97.1 Å². The van der Waals surface area contributed by atoms with Gasteiger partial charge in [-0.3, -0.25) is 0 Å². The number of benzene rings is 6. The molecule has 1 heteroatoms. The molecule has 0 saturated heterocycles. The molecule has 0 nitrogen and oxygen atoms in total. The van der Waals surface area contributed by atoms with Crippen LogP contribution in [-0.4, -0.2) is 0 Å². The van der Waals surface area contributed by atoms with Crippen LogP contribution in [-0.2, 0) is 5.41 Å². The third kappa shape index (κ3) is 3.29. The Morgan fingerprint density at radius 2 is 1.09 bits per heavy atom. The molecule has 0 radical (unpaired) electrons. The Bertz CT molecular complexity index is 1600. The second-order valence-electron chi connectivity index (χ2n) is 9.99. The predicted octanol–water partition coefficient (Wildman–Crippen LogP) is 9.87. The molecule has 0 aliphatic carbocycles. The Balaban J connectivity index is 1.79. The molecule has 33 heavy (non-hydrogen) atoms. The minimum Gasteiger partial charge on any atom is -0.0843 e. The van der Waals surface area contributed by atoms with Crippen LogP contribution in [0.3, 0.4) is 0 Å². The summed E-state index contributed by atoms with van der Waals surface area (Å²) in [5, 5.41) is 8.66. The zero-order chi connectivity index (χ0) is 22.7. The van der Waals surface area contributed by atoms with Gasteiger partial charge in [-0.15, -0.1) is 0 Å². The van der Waals surface area contributed by atoms with Gasteiger partial charge in [0.25, 0.3) is 0 Å². The van der Waals surface area contributed by atoms with Crippen LogP contribution in [0.4, 0.5) is 0 Å². The Labute approximate surface area is 199 Å². The average Bonchev–Trinajstić information content (AvgIpc) is 2.82. The van der Waals surface area contributed by atoms with Crippen molar-refractivity contribution in [3.8, 4) is 22.3 Å². The fourth-order valence-corrected chi connectivity index (χ4v) is 5.20. The Kier molecular flexibility index (Phi) is 4.50. The summed E-state index contributed by atoms with van der Waals surface area (Å²) < 4.78 is 0. The summed E-state index contributed by atoms with van der Waals surface area (Å²) >= 11 is 6.22. The fourth-order valence-electron chi connectivity index (χ4n) is 5.07. The lowest BCUT2D eigenvalue weighted by Gasteiger charge is -2.23. The van der Waals surface area contributed by atoms with Gasteiger partial charge < -0.3 is 0 Å². The Morgan fingerprint density at radius 3 is 1.64 bits per heavy atom. The maximum Gasteiger partial charge on any atom is 0.0406 e. The molecule has 6 rings (SSSR count). The summed E-state index contributed by atoms with van der Waals surface area (Å²) in [5.41, 5.74) is 6.41. The summed E-state index contributed by atoms with van der Waals surface area (Å²) in [6, 6.07) is 35.2. The number of hydrogen-bond acceptors (Lipinski definition) is 0. The number of halogens is 1. The Hall–Kier alpha value is -3.35. The highest BCUT2D eigenvalue weighted by Gasteiger charge is 2.20. The molecule has 0 N–H and O–H groups in total. The van der Waals surface area contributed by atoms with Crippen LogP contribution in [0.1, 0.15) is 26.3 Å². The summed E-state index contributed by atoms with van der Waals surface area (Å²) in [7, 11) is 0. The molecule has 0 heterocycles. The minimum atomic E-state index is 0.105. The van der Waals surface area contributed by atoms with Gasteiger partial charge in [-0.2, -0.15) is 0 Å². The van der Waals surface area contributed by atoms with Crippen molar-refractivity contribution < 1.29 is 0 Å². The molecule has 0 spiro atoms. The quantitative estimate of drug-likeness (QED) is 0.233. The topological polar surface area (TPSA) is 0 Å². The second kappa shape index (κ2) is 7.33.